The van der Waals surface area contributed by atoms with Gasteiger partial charge in [-0.25, -0.2) is 0 Å². The Morgan fingerprint density at radius 2 is 2.21 bits per heavy atom. The maximum atomic E-state index is 5.76. The van der Waals surface area contributed by atoms with E-state index in [2.05, 4.69) is 11.9 Å². The SMILES string of the molecule is C=CCCCNC1CCOC1C1CC1. The molecule has 0 radical (unpaired) electrons. The summed E-state index contributed by atoms with van der Waals surface area (Å²) in [6, 6.07) is 0.632. The van der Waals surface area contributed by atoms with Gasteiger partial charge in [-0.1, -0.05) is 6.08 Å². The first-order chi connectivity index (χ1) is 6.92. The van der Waals surface area contributed by atoms with E-state index in [0.29, 0.717) is 12.1 Å². The molecular formula is C12H21NO. The number of allylic oxidation sites excluding steroid dienone is 1. The van der Waals surface area contributed by atoms with Crippen LogP contribution in [-0.4, -0.2) is 25.3 Å². The second-order valence-electron chi connectivity index (χ2n) is 4.45. The molecule has 2 atom stereocenters. The van der Waals surface area contributed by atoms with E-state index in [1.165, 1.54) is 25.7 Å². The fourth-order valence-electron chi connectivity index (χ4n) is 2.25. The summed E-state index contributed by atoms with van der Waals surface area (Å²) in [6.07, 6.45) is 8.82. The van der Waals surface area contributed by atoms with Crippen molar-refractivity contribution in [1.29, 1.82) is 0 Å². The molecule has 1 aliphatic carbocycles. The van der Waals surface area contributed by atoms with E-state index in [-0.39, 0.29) is 0 Å². The predicted octanol–water partition coefficient (Wildman–Crippen LogP) is 2.11. The van der Waals surface area contributed by atoms with Gasteiger partial charge in [-0.3, -0.25) is 0 Å². The smallest absolute Gasteiger partial charge is 0.0756 e. The van der Waals surface area contributed by atoms with Gasteiger partial charge in [0.15, 0.2) is 0 Å². The summed E-state index contributed by atoms with van der Waals surface area (Å²) in [5.41, 5.74) is 0. The lowest BCUT2D eigenvalue weighted by molar-refractivity contribution is 0.0812. The normalized spacial score (nSPS) is 32.0. The van der Waals surface area contributed by atoms with Crippen molar-refractivity contribution >= 4 is 0 Å². The molecule has 0 aromatic heterocycles. The van der Waals surface area contributed by atoms with Gasteiger partial charge in [0.1, 0.15) is 0 Å². The highest BCUT2D eigenvalue weighted by atomic mass is 16.5. The van der Waals surface area contributed by atoms with Crippen molar-refractivity contribution in [1.82, 2.24) is 5.32 Å². The minimum Gasteiger partial charge on any atom is -0.376 e. The molecule has 14 heavy (non-hydrogen) atoms. The summed E-state index contributed by atoms with van der Waals surface area (Å²) in [5, 5.41) is 3.62. The molecule has 1 saturated heterocycles. The number of nitrogens with one attached hydrogen (secondary N) is 1. The topological polar surface area (TPSA) is 21.3 Å². The minimum atomic E-state index is 0.527. The van der Waals surface area contributed by atoms with Crippen molar-refractivity contribution < 1.29 is 4.74 Å². The van der Waals surface area contributed by atoms with Crippen LogP contribution in [0.25, 0.3) is 0 Å². The van der Waals surface area contributed by atoms with E-state index in [1.54, 1.807) is 0 Å². The quantitative estimate of drug-likeness (QED) is 0.518. The van der Waals surface area contributed by atoms with Crippen molar-refractivity contribution in [2.75, 3.05) is 13.2 Å². The molecular weight excluding hydrogens is 174 g/mol. The standard InChI is InChI=1S/C12H21NO/c1-2-3-4-8-13-11-7-9-14-12(11)10-5-6-10/h2,10-13H,1,3-9H2. The number of ether oxygens (including phenoxy) is 1. The van der Waals surface area contributed by atoms with Crippen LogP contribution in [0.2, 0.25) is 0 Å². The molecule has 2 aliphatic rings. The van der Waals surface area contributed by atoms with E-state index >= 15 is 0 Å². The highest BCUT2D eigenvalue weighted by Crippen LogP contribution is 2.38. The van der Waals surface area contributed by atoms with Crippen LogP contribution in [0.5, 0.6) is 0 Å². The Bertz CT molecular complexity index is 189. The fraction of sp³-hybridized carbons (Fsp3) is 0.833. The Hall–Kier alpha value is -0.340. The van der Waals surface area contributed by atoms with Gasteiger partial charge >= 0.3 is 0 Å². The molecule has 1 heterocycles. The zero-order valence-corrected chi connectivity index (χ0v) is 8.87. The summed E-state index contributed by atoms with van der Waals surface area (Å²) in [5.74, 6) is 0.870. The van der Waals surface area contributed by atoms with Gasteiger partial charge in [-0.05, 0) is 44.6 Å². The molecule has 2 heteroatoms. The summed E-state index contributed by atoms with van der Waals surface area (Å²) in [4.78, 5) is 0. The maximum absolute atomic E-state index is 5.76. The predicted molar refractivity (Wildman–Crippen MR) is 58.3 cm³/mol. The van der Waals surface area contributed by atoms with Crippen LogP contribution in [0.4, 0.5) is 0 Å². The third-order valence-electron chi connectivity index (χ3n) is 3.21. The van der Waals surface area contributed by atoms with Crippen molar-refractivity contribution in [3.05, 3.63) is 12.7 Å². The van der Waals surface area contributed by atoms with Crippen LogP contribution in [-0.2, 0) is 4.74 Å². The molecule has 2 nitrogen and oxygen atoms in total. The van der Waals surface area contributed by atoms with Crippen LogP contribution in [0.3, 0.4) is 0 Å². The zero-order valence-electron chi connectivity index (χ0n) is 8.87. The highest BCUT2D eigenvalue weighted by Gasteiger charge is 2.40. The van der Waals surface area contributed by atoms with E-state index < -0.39 is 0 Å². The average molecular weight is 195 g/mol. The number of hydrogen-bond donors (Lipinski definition) is 1. The van der Waals surface area contributed by atoms with Crippen molar-refractivity contribution in [3.63, 3.8) is 0 Å². The van der Waals surface area contributed by atoms with Crippen molar-refractivity contribution in [2.45, 2.75) is 44.2 Å². The molecule has 80 valence electrons. The zero-order chi connectivity index (χ0) is 9.80. The molecule has 0 aromatic rings. The number of rotatable bonds is 6. The molecule has 2 rings (SSSR count). The lowest BCUT2D eigenvalue weighted by atomic mass is 10.1. The molecule has 0 spiro atoms. The van der Waals surface area contributed by atoms with Gasteiger partial charge in [0.2, 0.25) is 0 Å². The fourth-order valence-corrected chi connectivity index (χ4v) is 2.25. The Kier molecular flexibility index (Phi) is 3.60. The van der Waals surface area contributed by atoms with Crippen LogP contribution in [0.1, 0.15) is 32.1 Å². The highest BCUT2D eigenvalue weighted by molar-refractivity contribution is 4.93. The lowest BCUT2D eigenvalue weighted by Gasteiger charge is -2.19. The molecule has 1 N–H and O–H groups in total. The number of hydrogen-bond acceptors (Lipinski definition) is 2. The van der Waals surface area contributed by atoms with Gasteiger partial charge in [-0.2, -0.15) is 0 Å². The van der Waals surface area contributed by atoms with Crippen LogP contribution < -0.4 is 5.32 Å². The first kappa shape index (κ1) is 10.2. The molecule has 2 fully saturated rings. The van der Waals surface area contributed by atoms with Crippen molar-refractivity contribution in [2.24, 2.45) is 5.92 Å². The lowest BCUT2D eigenvalue weighted by Crippen LogP contribution is -2.38. The van der Waals surface area contributed by atoms with Crippen LogP contribution in [0, 0.1) is 5.92 Å². The van der Waals surface area contributed by atoms with Gasteiger partial charge in [0.25, 0.3) is 0 Å². The Morgan fingerprint density at radius 1 is 1.36 bits per heavy atom. The minimum absolute atomic E-state index is 0.527. The Morgan fingerprint density at radius 3 is 2.93 bits per heavy atom. The van der Waals surface area contributed by atoms with Crippen molar-refractivity contribution in [3.8, 4) is 0 Å². The second-order valence-corrected chi connectivity index (χ2v) is 4.45. The molecule has 0 bridgehead atoms. The summed E-state index contributed by atoms with van der Waals surface area (Å²) in [7, 11) is 0. The Labute approximate surface area is 86.7 Å². The van der Waals surface area contributed by atoms with E-state index in [0.717, 1.165) is 25.5 Å². The van der Waals surface area contributed by atoms with Crippen LogP contribution in [0.15, 0.2) is 12.7 Å². The van der Waals surface area contributed by atoms with Gasteiger partial charge in [0.05, 0.1) is 6.10 Å². The monoisotopic (exact) mass is 195 g/mol. The largest absolute Gasteiger partial charge is 0.376 e. The Balaban J connectivity index is 1.65. The van der Waals surface area contributed by atoms with Gasteiger partial charge in [0, 0.05) is 12.6 Å². The third kappa shape index (κ3) is 2.58. The first-order valence-electron chi connectivity index (χ1n) is 5.87. The summed E-state index contributed by atoms with van der Waals surface area (Å²) >= 11 is 0. The average Bonchev–Trinajstić information content (AvgIpc) is 2.94. The first-order valence-corrected chi connectivity index (χ1v) is 5.87. The maximum Gasteiger partial charge on any atom is 0.0756 e. The molecule has 1 saturated carbocycles. The number of unbranched alkanes of at least 4 members (excludes halogenated alkanes) is 1. The van der Waals surface area contributed by atoms with E-state index in [1.807, 2.05) is 6.08 Å². The summed E-state index contributed by atoms with van der Waals surface area (Å²) in [6.45, 7) is 5.80. The molecule has 1 aliphatic heterocycles. The van der Waals surface area contributed by atoms with Gasteiger partial charge in [-0.15, -0.1) is 6.58 Å². The van der Waals surface area contributed by atoms with Gasteiger partial charge < -0.3 is 10.1 Å². The van der Waals surface area contributed by atoms with E-state index in [9.17, 15) is 0 Å². The van der Waals surface area contributed by atoms with Crippen LogP contribution >= 0.6 is 0 Å². The molecule has 0 amide bonds. The summed E-state index contributed by atoms with van der Waals surface area (Å²) < 4.78 is 5.76. The third-order valence-corrected chi connectivity index (χ3v) is 3.21. The molecule has 2 unspecified atom stereocenters. The van der Waals surface area contributed by atoms with E-state index in [4.69, 9.17) is 4.74 Å². The molecule has 0 aromatic carbocycles. The second kappa shape index (κ2) is 4.94.